The van der Waals surface area contributed by atoms with Crippen LogP contribution in [0.3, 0.4) is 0 Å². The van der Waals surface area contributed by atoms with Gasteiger partial charge in [0.15, 0.2) is 0 Å². The molecule has 0 atom stereocenters. The molecule has 0 saturated carbocycles. The summed E-state index contributed by atoms with van der Waals surface area (Å²) >= 11 is 0. The smallest absolute Gasteiger partial charge is 0.166 e. The quantitative estimate of drug-likeness (QED) is 0.0894. The number of halogens is 12. The standard InChI is InChI=1S/C62H40F12P2/c63-59(64,65)43-19-27-47(28-20-43)75(48-29-21-44(22-30-48)60(66,67)68)37-55-53(39-11-3-1-4-12-39)35-41-15-7-9-17-51(41)57(55)58-52-18-10-8-16-42(52)36-54(40-13-5-2-6-14-40)56(58)38-76(49-31-23-45(24-32-49)61(69,70)71)50-33-25-46(26-34-50)62(72,73)74/h1-36H,37-38H2. The molecule has 0 spiro atoms. The van der Waals surface area contributed by atoms with Crippen molar-refractivity contribution in [3.8, 4) is 33.4 Å². The molecule has 0 amide bonds. The Morgan fingerprint density at radius 2 is 0.526 bits per heavy atom. The predicted octanol–water partition coefficient (Wildman–Crippen LogP) is 18.3. The molecule has 382 valence electrons. The van der Waals surface area contributed by atoms with Crippen LogP contribution in [-0.2, 0) is 37.0 Å². The highest BCUT2D eigenvalue weighted by Gasteiger charge is 2.35. The Hall–Kier alpha value is -7.26. The third-order valence-electron chi connectivity index (χ3n) is 13.4. The number of alkyl halides is 12. The van der Waals surface area contributed by atoms with Gasteiger partial charge in [-0.1, -0.05) is 158 Å². The molecule has 0 fully saturated rings. The van der Waals surface area contributed by atoms with Crippen LogP contribution in [0.15, 0.2) is 218 Å². The van der Waals surface area contributed by atoms with Gasteiger partial charge in [-0.05, 0) is 164 Å². The second-order valence-corrected chi connectivity index (χ2v) is 22.5. The van der Waals surface area contributed by atoms with E-state index in [-0.39, 0.29) is 12.3 Å². The molecule has 10 rings (SSSR count). The van der Waals surface area contributed by atoms with E-state index < -0.39 is 62.8 Å². The van der Waals surface area contributed by atoms with Crippen LogP contribution in [-0.4, -0.2) is 0 Å². The summed E-state index contributed by atoms with van der Waals surface area (Å²) in [5, 5.41) is 4.90. The number of hydrogen-bond acceptors (Lipinski definition) is 0. The third-order valence-corrected chi connectivity index (χ3v) is 18.3. The van der Waals surface area contributed by atoms with Gasteiger partial charge in [-0.2, -0.15) is 52.7 Å². The molecule has 0 aliphatic heterocycles. The molecule has 0 aliphatic rings. The first kappa shape index (κ1) is 52.2. The van der Waals surface area contributed by atoms with Crippen molar-refractivity contribution in [1.82, 2.24) is 0 Å². The van der Waals surface area contributed by atoms with E-state index in [1.165, 1.54) is 48.5 Å². The van der Waals surface area contributed by atoms with Crippen molar-refractivity contribution in [2.45, 2.75) is 37.0 Å². The minimum atomic E-state index is -4.68. The summed E-state index contributed by atoms with van der Waals surface area (Å²) < 4.78 is 170. The predicted molar refractivity (Wildman–Crippen MR) is 283 cm³/mol. The number of fused-ring (bicyclic) bond motifs is 2. The minimum Gasteiger partial charge on any atom is -0.166 e. The molecular weight excluding hydrogens is 1030 g/mol. The van der Waals surface area contributed by atoms with Gasteiger partial charge in [0.25, 0.3) is 0 Å². The molecule has 0 bridgehead atoms. The molecular formula is C62H40F12P2. The van der Waals surface area contributed by atoms with Gasteiger partial charge in [0.2, 0.25) is 0 Å². The van der Waals surface area contributed by atoms with E-state index in [0.717, 1.165) is 92.3 Å². The molecule has 76 heavy (non-hydrogen) atoms. The Kier molecular flexibility index (Phi) is 14.2. The van der Waals surface area contributed by atoms with Crippen LogP contribution in [0, 0.1) is 0 Å². The van der Waals surface area contributed by atoms with Gasteiger partial charge in [-0.3, -0.25) is 0 Å². The largest absolute Gasteiger partial charge is 0.416 e. The van der Waals surface area contributed by atoms with Crippen molar-refractivity contribution in [3.05, 3.63) is 252 Å². The van der Waals surface area contributed by atoms with Crippen LogP contribution in [0.1, 0.15) is 33.4 Å². The maximum atomic E-state index is 14.1. The highest BCUT2D eigenvalue weighted by atomic mass is 31.1. The molecule has 14 heteroatoms. The van der Waals surface area contributed by atoms with Gasteiger partial charge in [0.1, 0.15) is 0 Å². The number of benzene rings is 10. The van der Waals surface area contributed by atoms with Crippen LogP contribution in [0.5, 0.6) is 0 Å². The molecule has 0 aromatic heterocycles. The molecule has 10 aromatic rings. The molecule has 0 radical (unpaired) electrons. The Labute approximate surface area is 431 Å². The second kappa shape index (κ2) is 20.7. The van der Waals surface area contributed by atoms with Gasteiger partial charge < -0.3 is 0 Å². The van der Waals surface area contributed by atoms with Crippen molar-refractivity contribution < 1.29 is 52.7 Å². The topological polar surface area (TPSA) is 0 Å². The second-order valence-electron chi connectivity index (χ2n) is 18.1. The van der Waals surface area contributed by atoms with Crippen molar-refractivity contribution >= 4 is 58.6 Å². The zero-order valence-corrected chi connectivity index (χ0v) is 41.4. The summed E-state index contributed by atoms with van der Waals surface area (Å²) in [5.41, 5.74) is 2.20. The minimum absolute atomic E-state index is 0.0896. The maximum Gasteiger partial charge on any atom is 0.416 e. The summed E-state index contributed by atoms with van der Waals surface area (Å²) in [6.07, 6.45) is -18.5. The van der Waals surface area contributed by atoms with E-state index in [1.807, 2.05) is 121 Å². The summed E-state index contributed by atoms with van der Waals surface area (Å²) in [6, 6.07) is 56.8. The first-order chi connectivity index (χ1) is 36.2. The fourth-order valence-electron chi connectivity index (χ4n) is 9.73. The van der Waals surface area contributed by atoms with Crippen LogP contribution >= 0.6 is 15.8 Å². The first-order valence-corrected chi connectivity index (χ1v) is 26.7. The Morgan fingerprint density at radius 1 is 0.276 bits per heavy atom. The van der Waals surface area contributed by atoms with Gasteiger partial charge in [0, 0.05) is 12.3 Å². The normalized spacial score (nSPS) is 12.6. The molecule has 0 unspecified atom stereocenters. The van der Waals surface area contributed by atoms with Crippen LogP contribution in [0.2, 0.25) is 0 Å². The lowest BCUT2D eigenvalue weighted by Crippen LogP contribution is -2.17. The lowest BCUT2D eigenvalue weighted by Gasteiger charge is -2.29. The molecule has 0 nitrogen and oxygen atoms in total. The summed E-state index contributed by atoms with van der Waals surface area (Å²) in [7, 11) is -3.65. The van der Waals surface area contributed by atoms with Gasteiger partial charge in [-0.25, -0.2) is 0 Å². The highest BCUT2D eigenvalue weighted by molar-refractivity contribution is 7.72. The van der Waals surface area contributed by atoms with Crippen molar-refractivity contribution in [1.29, 1.82) is 0 Å². The molecule has 0 saturated heterocycles. The Morgan fingerprint density at radius 3 is 0.789 bits per heavy atom. The van der Waals surface area contributed by atoms with Crippen LogP contribution in [0.4, 0.5) is 52.7 Å². The Balaban J connectivity index is 1.32. The van der Waals surface area contributed by atoms with E-state index in [2.05, 4.69) is 0 Å². The van der Waals surface area contributed by atoms with Crippen molar-refractivity contribution in [3.63, 3.8) is 0 Å². The monoisotopic (exact) mass is 1070 g/mol. The fourth-order valence-corrected chi connectivity index (χ4v) is 14.4. The van der Waals surface area contributed by atoms with Gasteiger partial charge in [-0.15, -0.1) is 0 Å². The van der Waals surface area contributed by atoms with E-state index in [0.29, 0.717) is 43.5 Å². The number of rotatable bonds is 11. The molecule has 0 heterocycles. The third kappa shape index (κ3) is 10.9. The van der Waals surface area contributed by atoms with E-state index >= 15 is 0 Å². The fraction of sp³-hybridized carbons (Fsp3) is 0.0968. The zero-order chi connectivity index (χ0) is 53.6. The van der Waals surface area contributed by atoms with Gasteiger partial charge in [0.05, 0.1) is 22.3 Å². The maximum absolute atomic E-state index is 14.1. The van der Waals surface area contributed by atoms with Crippen LogP contribution in [0.25, 0.3) is 54.9 Å². The average molecular weight is 1070 g/mol. The average Bonchev–Trinajstić information content (AvgIpc) is 3.45. The molecule has 10 aromatic carbocycles. The highest BCUT2D eigenvalue weighted by Crippen LogP contribution is 2.53. The van der Waals surface area contributed by atoms with E-state index in [1.54, 1.807) is 0 Å². The summed E-state index contributed by atoms with van der Waals surface area (Å²) in [4.78, 5) is 0. The zero-order valence-electron chi connectivity index (χ0n) is 39.6. The lowest BCUT2D eigenvalue weighted by atomic mass is 9.82. The number of hydrogen-bond donors (Lipinski definition) is 0. The van der Waals surface area contributed by atoms with E-state index in [9.17, 15) is 52.7 Å². The lowest BCUT2D eigenvalue weighted by molar-refractivity contribution is -0.138. The summed E-state index contributed by atoms with van der Waals surface area (Å²) in [5.74, 6) is 0. The Bertz CT molecular complexity index is 3300. The van der Waals surface area contributed by atoms with Crippen molar-refractivity contribution in [2.24, 2.45) is 0 Å². The van der Waals surface area contributed by atoms with Crippen molar-refractivity contribution in [2.75, 3.05) is 0 Å². The van der Waals surface area contributed by atoms with Crippen LogP contribution < -0.4 is 21.2 Å². The SMILES string of the molecule is FC(F)(F)c1ccc(P(Cc2c(-c3ccccc3)cc3ccccc3c2-c2c(CP(c3ccc(C(F)(F)F)cc3)c3ccc(C(F)(F)F)cc3)c(-c3ccccc3)cc3ccccc23)c2ccc(C(F)(F)F)cc2)cc1. The first-order valence-electron chi connectivity index (χ1n) is 23.7. The molecule has 0 aliphatic carbocycles. The van der Waals surface area contributed by atoms with E-state index in [4.69, 9.17) is 0 Å². The van der Waals surface area contributed by atoms with Gasteiger partial charge >= 0.3 is 24.7 Å². The summed E-state index contributed by atoms with van der Waals surface area (Å²) in [6.45, 7) is 0. The molecule has 0 N–H and O–H groups in total.